The molecule has 0 unspecified atom stereocenters. The van der Waals surface area contributed by atoms with E-state index in [0.29, 0.717) is 38.8 Å². The predicted molar refractivity (Wildman–Crippen MR) is 131 cm³/mol. The van der Waals surface area contributed by atoms with Crippen molar-refractivity contribution in [3.05, 3.63) is 41.2 Å². The van der Waals surface area contributed by atoms with Crippen LogP contribution >= 0.6 is 11.6 Å². The average molecular weight is 525 g/mol. The molecule has 2 N–H and O–H groups in total. The maximum Gasteiger partial charge on any atom is 0.387 e. The average Bonchev–Trinajstić information content (AvgIpc) is 3.29. The third kappa shape index (κ3) is 4.93. The Balaban J connectivity index is 1.60. The van der Waals surface area contributed by atoms with Crippen molar-refractivity contribution in [2.24, 2.45) is 5.41 Å². The lowest BCUT2D eigenvalue weighted by molar-refractivity contribution is -0.158. The molecule has 2 fully saturated rings. The van der Waals surface area contributed by atoms with Crippen molar-refractivity contribution in [3.63, 3.8) is 0 Å². The summed E-state index contributed by atoms with van der Waals surface area (Å²) in [6.45, 7) is 3.87. The van der Waals surface area contributed by atoms with Gasteiger partial charge in [0.2, 0.25) is 0 Å². The standard InChI is InChI=1S/C25H31ClF2N4O4/c1-15(2)19-6-9-29-32(19)25(7-10-31(11-8-25)17-13-24(3,14-17)22(34)35)21(33)30-18-5-4-16(26)12-20(18)36-23(27)28/h4-6,9,12,15,17,23H,7-8,10-11,13-14H2,1-3H3,(H,30,33)(H,34,35). The van der Waals surface area contributed by atoms with E-state index in [9.17, 15) is 23.5 Å². The van der Waals surface area contributed by atoms with Crippen molar-refractivity contribution in [1.82, 2.24) is 14.7 Å². The van der Waals surface area contributed by atoms with Crippen molar-refractivity contribution in [2.45, 2.75) is 70.6 Å². The number of aromatic nitrogens is 2. The molecule has 1 saturated carbocycles. The Kier molecular flexibility index (Phi) is 7.30. The molecular formula is C25H31ClF2N4O4. The van der Waals surface area contributed by atoms with E-state index in [-0.39, 0.29) is 34.3 Å². The highest BCUT2D eigenvalue weighted by Gasteiger charge is 2.52. The highest BCUT2D eigenvalue weighted by atomic mass is 35.5. The van der Waals surface area contributed by atoms with E-state index in [2.05, 4.69) is 20.1 Å². The van der Waals surface area contributed by atoms with Crippen molar-refractivity contribution in [3.8, 4) is 5.75 Å². The third-order valence-corrected chi connectivity index (χ3v) is 7.76. The van der Waals surface area contributed by atoms with E-state index in [1.807, 2.05) is 19.9 Å². The number of carbonyl (C=O) groups is 2. The predicted octanol–water partition coefficient (Wildman–Crippen LogP) is 4.94. The molecule has 196 valence electrons. The summed E-state index contributed by atoms with van der Waals surface area (Å²) in [6.07, 6.45) is 3.66. The number of carboxylic acid groups (broad SMARTS) is 1. The molecule has 8 nitrogen and oxygen atoms in total. The van der Waals surface area contributed by atoms with Gasteiger partial charge in [0, 0.05) is 42.1 Å². The lowest BCUT2D eigenvalue weighted by Crippen LogP contribution is -2.59. The van der Waals surface area contributed by atoms with Crippen LogP contribution in [-0.2, 0) is 15.1 Å². The first-order chi connectivity index (χ1) is 16.9. The molecule has 0 atom stereocenters. The van der Waals surface area contributed by atoms with Crippen LogP contribution in [0.2, 0.25) is 5.02 Å². The number of nitrogens with one attached hydrogen (secondary N) is 1. The number of nitrogens with zero attached hydrogens (tertiary/aromatic N) is 3. The summed E-state index contributed by atoms with van der Waals surface area (Å²) < 4.78 is 32.3. The molecule has 2 aliphatic rings. The van der Waals surface area contributed by atoms with E-state index in [4.69, 9.17) is 11.6 Å². The molecular weight excluding hydrogens is 494 g/mol. The zero-order valence-electron chi connectivity index (χ0n) is 20.5. The van der Waals surface area contributed by atoms with Crippen LogP contribution in [0.15, 0.2) is 30.5 Å². The number of rotatable bonds is 8. The largest absolute Gasteiger partial charge is 0.481 e. The number of carbonyl (C=O) groups excluding carboxylic acids is 1. The Bertz CT molecular complexity index is 1130. The van der Waals surface area contributed by atoms with Gasteiger partial charge in [-0.1, -0.05) is 25.4 Å². The van der Waals surface area contributed by atoms with Gasteiger partial charge < -0.3 is 20.1 Å². The lowest BCUT2D eigenvalue weighted by atomic mass is 9.65. The molecule has 1 saturated heterocycles. The molecule has 1 aromatic heterocycles. The van der Waals surface area contributed by atoms with E-state index in [1.165, 1.54) is 18.2 Å². The summed E-state index contributed by atoms with van der Waals surface area (Å²) in [7, 11) is 0. The minimum absolute atomic E-state index is 0.0981. The smallest absolute Gasteiger partial charge is 0.387 e. The number of likely N-dealkylation sites (tertiary alicyclic amines) is 1. The topological polar surface area (TPSA) is 96.7 Å². The van der Waals surface area contributed by atoms with Gasteiger partial charge in [0.1, 0.15) is 5.54 Å². The van der Waals surface area contributed by atoms with E-state index in [0.717, 1.165) is 5.69 Å². The molecule has 1 aromatic carbocycles. The fraction of sp³-hybridized carbons (Fsp3) is 0.560. The van der Waals surface area contributed by atoms with Gasteiger partial charge in [-0.15, -0.1) is 0 Å². The van der Waals surface area contributed by atoms with Crippen molar-refractivity contribution in [1.29, 1.82) is 0 Å². The summed E-state index contributed by atoms with van der Waals surface area (Å²) in [5.41, 5.74) is -0.776. The van der Waals surface area contributed by atoms with Gasteiger partial charge in [0.05, 0.1) is 11.1 Å². The zero-order valence-corrected chi connectivity index (χ0v) is 21.3. The van der Waals surface area contributed by atoms with Gasteiger partial charge in [-0.3, -0.25) is 14.3 Å². The van der Waals surface area contributed by atoms with Crippen LogP contribution in [0.5, 0.6) is 5.75 Å². The van der Waals surface area contributed by atoms with Gasteiger partial charge in [-0.2, -0.15) is 13.9 Å². The number of anilines is 1. The highest BCUT2D eigenvalue weighted by Crippen LogP contribution is 2.46. The zero-order chi connectivity index (χ0) is 26.3. The molecule has 0 spiro atoms. The molecule has 1 aliphatic carbocycles. The number of hydrogen-bond donors (Lipinski definition) is 2. The fourth-order valence-corrected chi connectivity index (χ4v) is 5.51. The second kappa shape index (κ2) is 9.97. The number of benzene rings is 1. The number of piperidine rings is 1. The molecule has 0 radical (unpaired) electrons. The number of aliphatic carboxylic acids is 1. The Morgan fingerprint density at radius 2 is 1.89 bits per heavy atom. The van der Waals surface area contributed by atoms with Crippen LogP contribution in [0.3, 0.4) is 0 Å². The molecule has 36 heavy (non-hydrogen) atoms. The number of alkyl halides is 2. The van der Waals surface area contributed by atoms with Gasteiger partial charge in [0.15, 0.2) is 5.75 Å². The summed E-state index contributed by atoms with van der Waals surface area (Å²) >= 11 is 5.96. The van der Waals surface area contributed by atoms with Crippen molar-refractivity contribution < 1.29 is 28.2 Å². The SMILES string of the molecule is CC(C)c1ccnn1C1(C(=O)Nc2ccc(Cl)cc2OC(F)F)CCN(C2CC(C)(C(=O)O)C2)CC1. The Morgan fingerprint density at radius 3 is 2.47 bits per heavy atom. The molecule has 1 aliphatic heterocycles. The van der Waals surface area contributed by atoms with Gasteiger partial charge in [-0.05, 0) is 56.7 Å². The Hall–Kier alpha value is -2.72. The van der Waals surface area contributed by atoms with E-state index < -0.39 is 23.5 Å². The van der Waals surface area contributed by atoms with Gasteiger partial charge in [-0.25, -0.2) is 0 Å². The quantitative estimate of drug-likeness (QED) is 0.507. The summed E-state index contributed by atoms with van der Waals surface area (Å²) in [5.74, 6) is -1.28. The third-order valence-electron chi connectivity index (χ3n) is 7.53. The van der Waals surface area contributed by atoms with Crippen LogP contribution in [0.4, 0.5) is 14.5 Å². The Labute approximate surface area is 213 Å². The maximum absolute atomic E-state index is 13.9. The Morgan fingerprint density at radius 1 is 1.22 bits per heavy atom. The van der Waals surface area contributed by atoms with Gasteiger partial charge in [0.25, 0.3) is 5.91 Å². The second-order valence-electron chi connectivity index (χ2n) is 10.3. The summed E-state index contributed by atoms with van der Waals surface area (Å²) in [5, 5.41) is 17.0. The minimum atomic E-state index is -3.08. The molecule has 2 aromatic rings. The van der Waals surface area contributed by atoms with Crippen molar-refractivity contribution >= 4 is 29.2 Å². The second-order valence-corrected chi connectivity index (χ2v) is 10.7. The van der Waals surface area contributed by atoms with Crippen LogP contribution in [0.25, 0.3) is 0 Å². The first-order valence-electron chi connectivity index (χ1n) is 12.0. The molecule has 4 rings (SSSR count). The number of amides is 1. The molecule has 11 heteroatoms. The molecule has 1 amide bonds. The number of ether oxygens (including phenoxy) is 1. The number of hydrogen-bond acceptors (Lipinski definition) is 5. The van der Waals surface area contributed by atoms with Crippen molar-refractivity contribution in [2.75, 3.05) is 18.4 Å². The van der Waals surface area contributed by atoms with Crippen LogP contribution < -0.4 is 10.1 Å². The maximum atomic E-state index is 13.9. The first-order valence-corrected chi connectivity index (χ1v) is 12.4. The monoisotopic (exact) mass is 524 g/mol. The van der Waals surface area contributed by atoms with Crippen LogP contribution in [0.1, 0.15) is 58.1 Å². The minimum Gasteiger partial charge on any atom is -0.481 e. The fourth-order valence-electron chi connectivity index (χ4n) is 5.35. The molecule has 2 heterocycles. The molecule has 0 bridgehead atoms. The first kappa shape index (κ1) is 26.3. The number of halogens is 3. The van der Waals surface area contributed by atoms with Crippen LogP contribution in [-0.4, -0.2) is 57.4 Å². The normalized spacial score (nSPS) is 23.9. The van der Waals surface area contributed by atoms with Gasteiger partial charge >= 0.3 is 12.6 Å². The highest BCUT2D eigenvalue weighted by molar-refractivity contribution is 6.30. The van der Waals surface area contributed by atoms with E-state index >= 15 is 0 Å². The summed E-state index contributed by atoms with van der Waals surface area (Å²) in [6, 6.07) is 6.20. The number of carboxylic acids is 1. The lowest BCUT2D eigenvalue weighted by Gasteiger charge is -2.51. The summed E-state index contributed by atoms with van der Waals surface area (Å²) in [4.78, 5) is 27.7. The van der Waals surface area contributed by atoms with E-state index in [1.54, 1.807) is 17.8 Å². The van der Waals surface area contributed by atoms with Crippen LogP contribution in [0, 0.1) is 5.41 Å².